The van der Waals surface area contributed by atoms with Gasteiger partial charge in [0.2, 0.25) is 0 Å². The number of aliphatic hydroxyl groups excluding tert-OH is 1. The normalized spacial score (nSPS) is 20.7. The molecule has 3 nitrogen and oxygen atoms in total. The summed E-state index contributed by atoms with van der Waals surface area (Å²) >= 11 is 0. The minimum absolute atomic E-state index is 0.0638. The maximum Gasteiger partial charge on any atom is 0.0613 e. The van der Waals surface area contributed by atoms with Crippen LogP contribution in [-0.4, -0.2) is 49.3 Å². The fourth-order valence-electron chi connectivity index (χ4n) is 3.34. The molecule has 0 amide bonds. The Hall–Kier alpha value is -0.120. The molecule has 0 aromatic rings. The van der Waals surface area contributed by atoms with E-state index in [0.29, 0.717) is 0 Å². The Morgan fingerprint density at radius 2 is 1.95 bits per heavy atom. The van der Waals surface area contributed by atoms with Crippen molar-refractivity contribution in [1.29, 1.82) is 0 Å². The first-order valence-electron chi connectivity index (χ1n) is 8.14. The van der Waals surface area contributed by atoms with Gasteiger partial charge < -0.3 is 15.3 Å². The molecule has 2 N–H and O–H groups in total. The van der Waals surface area contributed by atoms with Gasteiger partial charge in [0.05, 0.1) is 6.61 Å². The third-order valence-corrected chi connectivity index (χ3v) is 5.00. The number of nitrogens with one attached hydrogen (secondary N) is 1. The van der Waals surface area contributed by atoms with Gasteiger partial charge in [-0.3, -0.25) is 0 Å². The SMILES string of the molecule is CCC(CO)(CCCN(C)CC1CCCCC1)NC. The highest BCUT2D eigenvalue weighted by molar-refractivity contribution is 4.84. The predicted molar refractivity (Wildman–Crippen MR) is 82.5 cm³/mol. The summed E-state index contributed by atoms with van der Waals surface area (Å²) in [6, 6.07) is 0. The summed E-state index contributed by atoms with van der Waals surface area (Å²) in [5.74, 6) is 0.928. The van der Waals surface area contributed by atoms with Crippen LogP contribution in [0.25, 0.3) is 0 Å². The molecule has 114 valence electrons. The van der Waals surface area contributed by atoms with E-state index in [4.69, 9.17) is 0 Å². The lowest BCUT2D eigenvalue weighted by molar-refractivity contribution is 0.145. The molecule has 1 aliphatic carbocycles. The van der Waals surface area contributed by atoms with Crippen molar-refractivity contribution < 1.29 is 5.11 Å². The zero-order chi connectivity index (χ0) is 14.1. The van der Waals surface area contributed by atoms with Crippen LogP contribution in [0, 0.1) is 5.92 Å². The van der Waals surface area contributed by atoms with Crippen LogP contribution in [0.4, 0.5) is 0 Å². The largest absolute Gasteiger partial charge is 0.394 e. The highest BCUT2D eigenvalue weighted by atomic mass is 16.3. The van der Waals surface area contributed by atoms with E-state index >= 15 is 0 Å². The maximum absolute atomic E-state index is 9.53. The number of hydrogen-bond donors (Lipinski definition) is 2. The zero-order valence-corrected chi connectivity index (χ0v) is 13.2. The highest BCUT2D eigenvalue weighted by Crippen LogP contribution is 2.24. The number of rotatable bonds is 9. The molecule has 1 atom stereocenters. The Labute approximate surface area is 119 Å². The minimum atomic E-state index is -0.0638. The standard InChI is InChI=1S/C16H34N2O/c1-4-16(14-19,17-2)11-8-12-18(3)13-15-9-6-5-7-10-15/h15,17,19H,4-14H2,1-3H3. The number of aliphatic hydroxyl groups is 1. The molecule has 1 saturated carbocycles. The second kappa shape index (κ2) is 8.93. The fraction of sp³-hybridized carbons (Fsp3) is 1.00. The molecule has 0 aromatic heterocycles. The average molecular weight is 270 g/mol. The third kappa shape index (κ3) is 5.80. The van der Waals surface area contributed by atoms with Gasteiger partial charge in [0.1, 0.15) is 0 Å². The molecule has 1 fully saturated rings. The minimum Gasteiger partial charge on any atom is -0.394 e. The Morgan fingerprint density at radius 3 is 2.47 bits per heavy atom. The summed E-state index contributed by atoms with van der Waals surface area (Å²) in [4.78, 5) is 2.49. The number of likely N-dealkylation sites (N-methyl/N-ethyl adjacent to an activating group) is 1. The second-order valence-corrected chi connectivity index (χ2v) is 6.41. The first kappa shape index (κ1) is 16.9. The summed E-state index contributed by atoms with van der Waals surface area (Å²) in [7, 11) is 4.21. The smallest absolute Gasteiger partial charge is 0.0613 e. The van der Waals surface area contributed by atoms with Gasteiger partial charge in [0.25, 0.3) is 0 Å². The molecule has 0 aliphatic heterocycles. The molecule has 0 bridgehead atoms. The van der Waals surface area contributed by atoms with Crippen molar-refractivity contribution in [3.8, 4) is 0 Å². The van der Waals surface area contributed by atoms with Crippen molar-refractivity contribution >= 4 is 0 Å². The average Bonchev–Trinajstić information content (AvgIpc) is 2.45. The zero-order valence-electron chi connectivity index (χ0n) is 13.2. The molecule has 0 spiro atoms. The molecule has 1 rings (SSSR count). The van der Waals surface area contributed by atoms with E-state index in [1.54, 1.807) is 0 Å². The predicted octanol–water partition coefficient (Wildman–Crippen LogP) is 2.64. The molecule has 1 unspecified atom stereocenters. The first-order chi connectivity index (χ1) is 9.15. The monoisotopic (exact) mass is 270 g/mol. The van der Waals surface area contributed by atoms with E-state index in [9.17, 15) is 5.11 Å². The summed E-state index contributed by atoms with van der Waals surface area (Å²) in [6.07, 6.45) is 10.4. The Kier molecular flexibility index (Phi) is 7.96. The first-order valence-corrected chi connectivity index (χ1v) is 8.14. The molecule has 3 heteroatoms. The molecule has 0 saturated heterocycles. The van der Waals surface area contributed by atoms with Crippen LogP contribution < -0.4 is 5.32 Å². The Bertz CT molecular complexity index is 215. The molecule has 0 aromatic carbocycles. The van der Waals surface area contributed by atoms with Crippen LogP contribution in [0.1, 0.15) is 58.3 Å². The van der Waals surface area contributed by atoms with Gasteiger partial charge in [0.15, 0.2) is 0 Å². The lowest BCUT2D eigenvalue weighted by Gasteiger charge is -2.32. The van der Waals surface area contributed by atoms with E-state index in [-0.39, 0.29) is 12.1 Å². The number of nitrogens with zero attached hydrogens (tertiary/aromatic N) is 1. The van der Waals surface area contributed by atoms with Crippen molar-refractivity contribution in [1.82, 2.24) is 10.2 Å². The quantitative estimate of drug-likeness (QED) is 0.676. The molecule has 0 heterocycles. The van der Waals surface area contributed by atoms with Gasteiger partial charge in [-0.25, -0.2) is 0 Å². The van der Waals surface area contributed by atoms with E-state index in [1.165, 1.54) is 45.1 Å². The van der Waals surface area contributed by atoms with Crippen LogP contribution in [-0.2, 0) is 0 Å². The Balaban J connectivity index is 2.20. The van der Waals surface area contributed by atoms with Gasteiger partial charge in [-0.15, -0.1) is 0 Å². The topological polar surface area (TPSA) is 35.5 Å². The van der Waals surface area contributed by atoms with Crippen molar-refractivity contribution in [2.75, 3.05) is 33.8 Å². The van der Waals surface area contributed by atoms with Crippen molar-refractivity contribution in [3.05, 3.63) is 0 Å². The van der Waals surface area contributed by atoms with Crippen LogP contribution in [0.2, 0.25) is 0 Å². The van der Waals surface area contributed by atoms with E-state index in [1.807, 2.05) is 7.05 Å². The number of hydrogen-bond acceptors (Lipinski definition) is 3. The fourth-order valence-corrected chi connectivity index (χ4v) is 3.34. The molecule has 1 aliphatic rings. The molecular weight excluding hydrogens is 236 g/mol. The van der Waals surface area contributed by atoms with Gasteiger partial charge in [0, 0.05) is 12.1 Å². The lowest BCUT2D eigenvalue weighted by atomic mass is 9.88. The summed E-state index contributed by atoms with van der Waals surface area (Å²) in [6.45, 7) is 4.81. The molecular formula is C16H34N2O. The van der Waals surface area contributed by atoms with E-state index < -0.39 is 0 Å². The Morgan fingerprint density at radius 1 is 1.26 bits per heavy atom. The van der Waals surface area contributed by atoms with Crippen LogP contribution >= 0.6 is 0 Å². The second-order valence-electron chi connectivity index (χ2n) is 6.41. The maximum atomic E-state index is 9.53. The van der Waals surface area contributed by atoms with Gasteiger partial charge in [-0.2, -0.15) is 0 Å². The van der Waals surface area contributed by atoms with Gasteiger partial charge >= 0.3 is 0 Å². The third-order valence-electron chi connectivity index (χ3n) is 5.00. The van der Waals surface area contributed by atoms with Crippen LogP contribution in [0.15, 0.2) is 0 Å². The van der Waals surface area contributed by atoms with Gasteiger partial charge in [-0.05, 0) is 58.7 Å². The van der Waals surface area contributed by atoms with E-state index in [0.717, 1.165) is 25.3 Å². The van der Waals surface area contributed by atoms with Gasteiger partial charge in [-0.1, -0.05) is 26.2 Å². The lowest BCUT2D eigenvalue weighted by Crippen LogP contribution is -2.46. The highest BCUT2D eigenvalue weighted by Gasteiger charge is 2.24. The van der Waals surface area contributed by atoms with Crippen LogP contribution in [0.3, 0.4) is 0 Å². The van der Waals surface area contributed by atoms with Crippen molar-refractivity contribution in [2.24, 2.45) is 5.92 Å². The van der Waals surface area contributed by atoms with Crippen molar-refractivity contribution in [2.45, 2.75) is 63.8 Å². The molecule has 19 heavy (non-hydrogen) atoms. The van der Waals surface area contributed by atoms with Crippen molar-refractivity contribution in [3.63, 3.8) is 0 Å². The summed E-state index contributed by atoms with van der Waals surface area (Å²) in [5.41, 5.74) is -0.0638. The summed E-state index contributed by atoms with van der Waals surface area (Å²) in [5, 5.41) is 12.8. The summed E-state index contributed by atoms with van der Waals surface area (Å²) < 4.78 is 0. The van der Waals surface area contributed by atoms with Crippen LogP contribution in [0.5, 0.6) is 0 Å². The van der Waals surface area contributed by atoms with E-state index in [2.05, 4.69) is 24.2 Å². The molecule has 0 radical (unpaired) electrons.